The lowest BCUT2D eigenvalue weighted by Crippen LogP contribution is -2.31. The Morgan fingerprint density at radius 3 is 2.67 bits per heavy atom. The topological polar surface area (TPSA) is 58.1 Å². The predicted molar refractivity (Wildman–Crippen MR) is 79.0 cm³/mol. The molecule has 1 heterocycles. The van der Waals surface area contributed by atoms with Gasteiger partial charge in [-0.2, -0.15) is 0 Å². The lowest BCUT2D eigenvalue weighted by molar-refractivity contribution is 0.0767. The summed E-state index contributed by atoms with van der Waals surface area (Å²) in [5.74, 6) is -0.0377. The molecule has 110 valence electrons. The number of benzene rings is 1. The summed E-state index contributed by atoms with van der Waals surface area (Å²) in [4.78, 5) is 21.9. The van der Waals surface area contributed by atoms with Gasteiger partial charge in [-0.25, -0.2) is 14.4 Å². The van der Waals surface area contributed by atoms with Crippen LogP contribution in [0.4, 0.5) is 15.9 Å². The second-order valence-electron chi connectivity index (χ2n) is 4.40. The molecular weight excluding hydrogens is 271 g/mol. The molecule has 0 saturated carbocycles. The third-order valence-corrected chi connectivity index (χ3v) is 3.03. The van der Waals surface area contributed by atoms with Gasteiger partial charge in [0.2, 0.25) is 0 Å². The van der Waals surface area contributed by atoms with Crippen LogP contribution in [0.5, 0.6) is 0 Å². The summed E-state index contributed by atoms with van der Waals surface area (Å²) >= 11 is 0. The van der Waals surface area contributed by atoms with Crippen molar-refractivity contribution in [3.63, 3.8) is 0 Å². The molecule has 0 aliphatic rings. The second kappa shape index (κ2) is 6.78. The van der Waals surface area contributed by atoms with Gasteiger partial charge in [0, 0.05) is 24.8 Å². The molecule has 0 unspecified atom stereocenters. The summed E-state index contributed by atoms with van der Waals surface area (Å²) in [7, 11) is 0. The van der Waals surface area contributed by atoms with Crippen molar-refractivity contribution < 1.29 is 9.18 Å². The van der Waals surface area contributed by atoms with Crippen molar-refractivity contribution in [1.29, 1.82) is 0 Å². The maximum atomic E-state index is 13.1. The van der Waals surface area contributed by atoms with Gasteiger partial charge in [0.25, 0.3) is 5.91 Å². The van der Waals surface area contributed by atoms with E-state index in [1.54, 1.807) is 23.1 Å². The highest BCUT2D eigenvalue weighted by Gasteiger charge is 2.14. The monoisotopic (exact) mass is 288 g/mol. The second-order valence-corrected chi connectivity index (χ2v) is 4.40. The fourth-order valence-corrected chi connectivity index (χ4v) is 1.93. The van der Waals surface area contributed by atoms with Crippen LogP contribution < -0.4 is 5.32 Å². The number of anilines is 2. The zero-order valence-electron chi connectivity index (χ0n) is 12.0. The van der Waals surface area contributed by atoms with E-state index in [4.69, 9.17) is 0 Å². The first kappa shape index (κ1) is 14.9. The van der Waals surface area contributed by atoms with Crippen LogP contribution in [0, 0.1) is 5.82 Å². The molecule has 2 rings (SSSR count). The number of carbonyl (C=O) groups is 1. The van der Waals surface area contributed by atoms with Gasteiger partial charge in [0.15, 0.2) is 0 Å². The summed E-state index contributed by atoms with van der Waals surface area (Å²) in [6, 6.07) is 7.60. The minimum absolute atomic E-state index is 0.148. The Morgan fingerprint density at radius 1 is 1.24 bits per heavy atom. The van der Waals surface area contributed by atoms with Gasteiger partial charge in [-0.3, -0.25) is 4.79 Å². The number of aromatic nitrogens is 2. The Morgan fingerprint density at radius 2 is 2.00 bits per heavy atom. The van der Waals surface area contributed by atoms with Crippen molar-refractivity contribution in [1.82, 2.24) is 14.9 Å². The highest BCUT2D eigenvalue weighted by molar-refractivity contribution is 5.93. The molecule has 0 aliphatic heterocycles. The number of amides is 1. The molecule has 0 saturated heterocycles. The molecule has 2 aromatic rings. The molecule has 0 atom stereocenters. The smallest absolute Gasteiger partial charge is 0.272 e. The van der Waals surface area contributed by atoms with E-state index in [0.29, 0.717) is 30.3 Å². The number of nitrogens with zero attached hydrogens (tertiary/aromatic N) is 3. The Kier molecular flexibility index (Phi) is 4.81. The van der Waals surface area contributed by atoms with Gasteiger partial charge in [-0.15, -0.1) is 0 Å². The zero-order chi connectivity index (χ0) is 15.2. The molecular formula is C15H17FN4O. The van der Waals surface area contributed by atoms with Crippen LogP contribution in [-0.4, -0.2) is 33.9 Å². The first-order valence-corrected chi connectivity index (χ1v) is 6.78. The van der Waals surface area contributed by atoms with Crippen molar-refractivity contribution in [2.24, 2.45) is 0 Å². The first-order valence-electron chi connectivity index (χ1n) is 6.78. The standard InChI is InChI=1S/C15H17FN4O/c1-3-20(4-2)15(21)13-9-14(18-10-17-13)19-12-7-5-6-11(16)8-12/h5-10H,3-4H2,1-2H3,(H,17,18,19). The Labute approximate surface area is 122 Å². The third-order valence-electron chi connectivity index (χ3n) is 3.03. The number of hydrogen-bond acceptors (Lipinski definition) is 4. The van der Waals surface area contributed by atoms with Gasteiger partial charge >= 0.3 is 0 Å². The molecule has 0 bridgehead atoms. The van der Waals surface area contributed by atoms with Crippen LogP contribution in [0.2, 0.25) is 0 Å². The van der Waals surface area contributed by atoms with E-state index in [1.165, 1.54) is 18.5 Å². The number of carbonyl (C=O) groups excluding carboxylic acids is 1. The highest BCUT2D eigenvalue weighted by Crippen LogP contribution is 2.16. The Hall–Kier alpha value is -2.50. The van der Waals surface area contributed by atoms with Gasteiger partial charge in [-0.05, 0) is 32.0 Å². The summed E-state index contributed by atoms with van der Waals surface area (Å²) in [5, 5.41) is 2.95. The van der Waals surface area contributed by atoms with Crippen LogP contribution in [0.3, 0.4) is 0 Å². The number of hydrogen-bond donors (Lipinski definition) is 1. The molecule has 0 aliphatic carbocycles. The van der Waals surface area contributed by atoms with Gasteiger partial charge in [0.05, 0.1) is 0 Å². The largest absolute Gasteiger partial charge is 0.340 e. The number of nitrogens with one attached hydrogen (secondary N) is 1. The Balaban J connectivity index is 2.20. The van der Waals surface area contributed by atoms with E-state index >= 15 is 0 Å². The average molecular weight is 288 g/mol. The third kappa shape index (κ3) is 3.75. The fourth-order valence-electron chi connectivity index (χ4n) is 1.93. The van der Waals surface area contributed by atoms with E-state index in [1.807, 2.05) is 13.8 Å². The molecule has 1 aromatic carbocycles. The van der Waals surface area contributed by atoms with E-state index in [0.717, 1.165) is 0 Å². The summed E-state index contributed by atoms with van der Waals surface area (Å²) < 4.78 is 13.1. The zero-order valence-corrected chi connectivity index (χ0v) is 12.0. The molecule has 1 aromatic heterocycles. The normalized spacial score (nSPS) is 10.2. The van der Waals surface area contributed by atoms with Crippen LogP contribution in [0.1, 0.15) is 24.3 Å². The minimum Gasteiger partial charge on any atom is -0.340 e. The molecule has 1 N–H and O–H groups in total. The molecule has 6 heteroatoms. The maximum absolute atomic E-state index is 13.1. The number of rotatable bonds is 5. The lowest BCUT2D eigenvalue weighted by Gasteiger charge is -2.18. The van der Waals surface area contributed by atoms with Crippen molar-refractivity contribution >= 4 is 17.4 Å². The van der Waals surface area contributed by atoms with Crippen molar-refractivity contribution in [3.05, 3.63) is 48.2 Å². The molecule has 1 amide bonds. The SMILES string of the molecule is CCN(CC)C(=O)c1cc(Nc2cccc(F)c2)ncn1. The van der Waals surface area contributed by atoms with Crippen molar-refractivity contribution in [3.8, 4) is 0 Å². The summed E-state index contributed by atoms with van der Waals surface area (Å²) in [6.45, 7) is 5.06. The Bertz CT molecular complexity index is 629. The minimum atomic E-state index is -0.339. The van der Waals surface area contributed by atoms with Gasteiger partial charge in [0.1, 0.15) is 23.7 Å². The lowest BCUT2D eigenvalue weighted by atomic mass is 10.3. The quantitative estimate of drug-likeness (QED) is 0.919. The molecule has 21 heavy (non-hydrogen) atoms. The van der Waals surface area contributed by atoms with Gasteiger partial charge in [-0.1, -0.05) is 6.07 Å². The van der Waals surface area contributed by atoms with E-state index in [-0.39, 0.29) is 11.7 Å². The van der Waals surface area contributed by atoms with E-state index < -0.39 is 0 Å². The predicted octanol–water partition coefficient (Wildman–Crippen LogP) is 2.84. The van der Waals surface area contributed by atoms with Crippen LogP contribution >= 0.6 is 0 Å². The maximum Gasteiger partial charge on any atom is 0.272 e. The molecule has 0 spiro atoms. The molecule has 0 fully saturated rings. The average Bonchev–Trinajstić information content (AvgIpc) is 2.48. The van der Waals surface area contributed by atoms with E-state index in [9.17, 15) is 9.18 Å². The van der Waals surface area contributed by atoms with Crippen molar-refractivity contribution in [2.45, 2.75) is 13.8 Å². The highest BCUT2D eigenvalue weighted by atomic mass is 19.1. The molecule has 5 nitrogen and oxygen atoms in total. The van der Waals surface area contributed by atoms with Crippen LogP contribution in [0.15, 0.2) is 36.7 Å². The number of halogens is 1. The van der Waals surface area contributed by atoms with Crippen LogP contribution in [0.25, 0.3) is 0 Å². The first-order chi connectivity index (χ1) is 10.1. The van der Waals surface area contributed by atoms with Crippen molar-refractivity contribution in [2.75, 3.05) is 18.4 Å². The summed E-state index contributed by atoms with van der Waals surface area (Å²) in [6.07, 6.45) is 1.32. The van der Waals surface area contributed by atoms with E-state index in [2.05, 4.69) is 15.3 Å². The fraction of sp³-hybridized carbons (Fsp3) is 0.267. The van der Waals surface area contributed by atoms with Gasteiger partial charge < -0.3 is 10.2 Å². The van der Waals surface area contributed by atoms with Crippen LogP contribution in [-0.2, 0) is 0 Å². The molecule has 0 radical (unpaired) electrons. The summed E-state index contributed by atoms with van der Waals surface area (Å²) in [5.41, 5.74) is 0.877.